The van der Waals surface area contributed by atoms with Crippen LogP contribution in [-0.2, 0) is 13.0 Å². The fourth-order valence-corrected chi connectivity index (χ4v) is 4.04. The van der Waals surface area contributed by atoms with E-state index in [0.717, 1.165) is 11.1 Å². The van der Waals surface area contributed by atoms with Gasteiger partial charge in [0, 0.05) is 41.8 Å². The number of nitrogens with zero attached hydrogens (tertiary/aromatic N) is 2. The van der Waals surface area contributed by atoms with Gasteiger partial charge < -0.3 is 10.1 Å². The molecule has 1 aromatic heterocycles. The Morgan fingerprint density at radius 1 is 0.833 bits per heavy atom. The van der Waals surface area contributed by atoms with Gasteiger partial charge in [0.15, 0.2) is 0 Å². The van der Waals surface area contributed by atoms with E-state index in [4.69, 9.17) is 4.74 Å². The zero-order valence-electron chi connectivity index (χ0n) is 19.4. The van der Waals surface area contributed by atoms with E-state index in [1.807, 2.05) is 42.5 Å². The standard InChI is InChI=1S/C29H23N3O4/c33-27(31-23-9-4-10-24(17-23)36-19-21-8-5-14-30-18-21)22-11-12-25-26(16-22)29(35)32(28(25)34)15-13-20-6-2-1-3-7-20/h1-12,14,16-18H,13,15,19H2,(H,31,33). The Hall–Kier alpha value is -4.78. The molecule has 3 amide bonds. The minimum absolute atomic E-state index is 0.245. The summed E-state index contributed by atoms with van der Waals surface area (Å²) in [7, 11) is 0. The van der Waals surface area contributed by atoms with Gasteiger partial charge in [-0.1, -0.05) is 42.5 Å². The van der Waals surface area contributed by atoms with E-state index in [9.17, 15) is 14.4 Å². The summed E-state index contributed by atoms with van der Waals surface area (Å²) in [6.45, 7) is 0.636. The SMILES string of the molecule is O=C(Nc1cccc(OCc2cccnc2)c1)c1ccc2c(c1)C(=O)N(CCc1ccccc1)C2=O. The lowest BCUT2D eigenvalue weighted by Gasteiger charge is -2.13. The Balaban J connectivity index is 1.25. The molecule has 0 spiro atoms. The first-order valence-electron chi connectivity index (χ1n) is 11.6. The van der Waals surface area contributed by atoms with Crippen LogP contribution in [0.3, 0.4) is 0 Å². The van der Waals surface area contributed by atoms with Gasteiger partial charge in [0.25, 0.3) is 17.7 Å². The average molecular weight is 478 g/mol. The maximum atomic E-state index is 12.9. The van der Waals surface area contributed by atoms with Crippen LogP contribution in [-0.4, -0.2) is 34.2 Å². The molecule has 3 aromatic carbocycles. The highest BCUT2D eigenvalue weighted by molar-refractivity contribution is 6.22. The number of aromatic nitrogens is 1. The molecular formula is C29H23N3O4. The predicted octanol–water partition coefficient (Wildman–Crippen LogP) is 4.75. The number of hydrogen-bond donors (Lipinski definition) is 1. The van der Waals surface area contributed by atoms with Gasteiger partial charge in [-0.3, -0.25) is 24.3 Å². The molecule has 1 aliphatic heterocycles. The van der Waals surface area contributed by atoms with Crippen LogP contribution in [0.25, 0.3) is 0 Å². The van der Waals surface area contributed by atoms with E-state index in [1.54, 1.807) is 48.8 Å². The van der Waals surface area contributed by atoms with Gasteiger partial charge in [-0.05, 0) is 48.4 Å². The number of anilines is 1. The lowest BCUT2D eigenvalue weighted by atomic mass is 10.1. The smallest absolute Gasteiger partial charge is 0.261 e. The van der Waals surface area contributed by atoms with Crippen molar-refractivity contribution in [3.63, 3.8) is 0 Å². The van der Waals surface area contributed by atoms with E-state index in [1.165, 1.54) is 11.0 Å². The highest BCUT2D eigenvalue weighted by Gasteiger charge is 2.35. The Morgan fingerprint density at radius 3 is 2.44 bits per heavy atom. The van der Waals surface area contributed by atoms with Crippen molar-refractivity contribution in [2.75, 3.05) is 11.9 Å². The number of ether oxygens (including phenoxy) is 1. The summed E-state index contributed by atoms with van der Waals surface area (Å²) in [4.78, 5) is 44.0. The topological polar surface area (TPSA) is 88.6 Å². The summed E-state index contributed by atoms with van der Waals surface area (Å²) in [5.74, 6) is -0.506. The quantitative estimate of drug-likeness (QED) is 0.370. The molecule has 1 N–H and O–H groups in total. The molecule has 5 rings (SSSR count). The average Bonchev–Trinajstić information content (AvgIpc) is 3.16. The number of imide groups is 1. The second kappa shape index (κ2) is 10.2. The second-order valence-corrected chi connectivity index (χ2v) is 8.39. The molecule has 0 aliphatic carbocycles. The first-order valence-corrected chi connectivity index (χ1v) is 11.6. The Bertz CT molecular complexity index is 1420. The van der Waals surface area contributed by atoms with Crippen LogP contribution < -0.4 is 10.1 Å². The number of carbonyl (C=O) groups is 3. The van der Waals surface area contributed by atoms with Gasteiger partial charge in [-0.15, -0.1) is 0 Å². The minimum Gasteiger partial charge on any atom is -0.489 e. The lowest BCUT2D eigenvalue weighted by molar-refractivity contribution is 0.0656. The lowest BCUT2D eigenvalue weighted by Crippen LogP contribution is -2.31. The molecule has 1 aliphatic rings. The molecule has 36 heavy (non-hydrogen) atoms. The number of amides is 3. The van der Waals surface area contributed by atoms with Crippen molar-refractivity contribution in [3.8, 4) is 5.75 Å². The molecular weight excluding hydrogens is 454 g/mol. The second-order valence-electron chi connectivity index (χ2n) is 8.39. The van der Waals surface area contributed by atoms with Crippen molar-refractivity contribution < 1.29 is 19.1 Å². The normalized spacial score (nSPS) is 12.4. The molecule has 4 aromatic rings. The van der Waals surface area contributed by atoms with Crippen LogP contribution in [0.15, 0.2) is 97.3 Å². The van der Waals surface area contributed by atoms with Crippen LogP contribution in [0.1, 0.15) is 42.2 Å². The predicted molar refractivity (Wildman–Crippen MR) is 135 cm³/mol. The van der Waals surface area contributed by atoms with Crippen LogP contribution in [0.5, 0.6) is 5.75 Å². The monoisotopic (exact) mass is 477 g/mol. The van der Waals surface area contributed by atoms with Gasteiger partial charge in [-0.2, -0.15) is 0 Å². The number of fused-ring (bicyclic) bond motifs is 1. The first-order chi connectivity index (χ1) is 17.6. The number of carbonyl (C=O) groups excluding carboxylic acids is 3. The summed E-state index contributed by atoms with van der Waals surface area (Å²) >= 11 is 0. The fraction of sp³-hybridized carbons (Fsp3) is 0.103. The van der Waals surface area contributed by atoms with Gasteiger partial charge in [0.2, 0.25) is 0 Å². The third-order valence-electron chi connectivity index (χ3n) is 5.92. The third kappa shape index (κ3) is 5.00. The largest absolute Gasteiger partial charge is 0.489 e. The Kier molecular flexibility index (Phi) is 6.53. The molecule has 0 unspecified atom stereocenters. The zero-order chi connectivity index (χ0) is 24.9. The van der Waals surface area contributed by atoms with Crippen molar-refractivity contribution in [2.45, 2.75) is 13.0 Å². The number of rotatable bonds is 8. The maximum Gasteiger partial charge on any atom is 0.261 e. The van der Waals surface area contributed by atoms with Crippen LogP contribution in [0.4, 0.5) is 5.69 Å². The number of nitrogens with one attached hydrogen (secondary N) is 1. The molecule has 2 heterocycles. The fourth-order valence-electron chi connectivity index (χ4n) is 4.04. The summed E-state index contributed by atoms with van der Waals surface area (Å²) in [5.41, 5.74) is 3.38. The van der Waals surface area contributed by atoms with E-state index >= 15 is 0 Å². The molecule has 0 atom stereocenters. The number of hydrogen-bond acceptors (Lipinski definition) is 5. The molecule has 0 fully saturated rings. The molecule has 178 valence electrons. The van der Waals surface area contributed by atoms with Crippen LogP contribution in [0, 0.1) is 0 Å². The summed E-state index contributed by atoms with van der Waals surface area (Å²) < 4.78 is 5.79. The van der Waals surface area contributed by atoms with Gasteiger partial charge in [-0.25, -0.2) is 0 Å². The van der Waals surface area contributed by atoms with Crippen LogP contribution in [0.2, 0.25) is 0 Å². The maximum absolute atomic E-state index is 12.9. The van der Waals surface area contributed by atoms with Crippen LogP contribution >= 0.6 is 0 Å². The zero-order valence-corrected chi connectivity index (χ0v) is 19.4. The summed E-state index contributed by atoms with van der Waals surface area (Å²) in [6, 6.07) is 25.1. The van der Waals surface area contributed by atoms with E-state index in [0.29, 0.717) is 35.6 Å². The van der Waals surface area contributed by atoms with Crippen molar-refractivity contribution in [1.82, 2.24) is 9.88 Å². The van der Waals surface area contributed by atoms with Gasteiger partial charge in [0.05, 0.1) is 11.1 Å². The van der Waals surface area contributed by atoms with E-state index in [2.05, 4.69) is 10.3 Å². The van der Waals surface area contributed by atoms with Crippen molar-refractivity contribution in [1.29, 1.82) is 0 Å². The molecule has 0 saturated carbocycles. The molecule has 0 saturated heterocycles. The van der Waals surface area contributed by atoms with Gasteiger partial charge in [0.1, 0.15) is 12.4 Å². The summed E-state index contributed by atoms with van der Waals surface area (Å²) in [6.07, 6.45) is 4.00. The minimum atomic E-state index is -0.384. The Morgan fingerprint density at radius 2 is 1.64 bits per heavy atom. The van der Waals surface area contributed by atoms with Crippen molar-refractivity contribution in [3.05, 3.63) is 125 Å². The number of pyridine rings is 1. The summed E-state index contributed by atoms with van der Waals surface area (Å²) in [5, 5.41) is 2.83. The highest BCUT2D eigenvalue weighted by Crippen LogP contribution is 2.25. The molecule has 7 heteroatoms. The van der Waals surface area contributed by atoms with Gasteiger partial charge >= 0.3 is 0 Å². The number of benzene rings is 3. The van der Waals surface area contributed by atoms with E-state index < -0.39 is 0 Å². The van der Waals surface area contributed by atoms with Crippen molar-refractivity contribution in [2.24, 2.45) is 0 Å². The van der Waals surface area contributed by atoms with E-state index in [-0.39, 0.29) is 29.8 Å². The highest BCUT2D eigenvalue weighted by atomic mass is 16.5. The molecule has 0 radical (unpaired) electrons. The molecule has 7 nitrogen and oxygen atoms in total. The third-order valence-corrected chi connectivity index (χ3v) is 5.92. The first kappa shape index (κ1) is 23.0. The molecule has 0 bridgehead atoms. The Labute approximate surface area is 208 Å². The van der Waals surface area contributed by atoms with Crippen molar-refractivity contribution >= 4 is 23.4 Å².